The smallest absolute Gasteiger partial charge is 0.265 e. The van der Waals surface area contributed by atoms with Gasteiger partial charge in [0.2, 0.25) is 5.91 Å². The van der Waals surface area contributed by atoms with Gasteiger partial charge in [0.15, 0.2) is 6.61 Å². The van der Waals surface area contributed by atoms with Crippen molar-refractivity contribution in [1.29, 1.82) is 0 Å². The lowest BCUT2D eigenvalue weighted by Gasteiger charge is -2.36. The Morgan fingerprint density at radius 1 is 1.07 bits per heavy atom. The summed E-state index contributed by atoms with van der Waals surface area (Å²) < 4.78 is 18.6. The monoisotopic (exact) mass is 397 g/mol. The Labute approximate surface area is 169 Å². The molecule has 1 fully saturated rings. The lowest BCUT2D eigenvalue weighted by molar-refractivity contribution is -0.131. The molecule has 2 aliphatic rings. The van der Waals surface area contributed by atoms with E-state index in [-0.39, 0.29) is 30.7 Å². The minimum Gasteiger partial charge on any atom is -0.482 e. The number of rotatable bonds is 4. The molecule has 0 radical (unpaired) electrons. The van der Waals surface area contributed by atoms with Gasteiger partial charge in [0, 0.05) is 44.8 Å². The van der Waals surface area contributed by atoms with Gasteiger partial charge in [-0.25, -0.2) is 4.39 Å². The highest BCUT2D eigenvalue weighted by molar-refractivity contribution is 5.98. The lowest BCUT2D eigenvalue weighted by atomic mass is 10.1. The summed E-state index contributed by atoms with van der Waals surface area (Å²) in [6.45, 7) is 4.94. The van der Waals surface area contributed by atoms with Crippen LogP contribution < -0.4 is 14.5 Å². The molecule has 152 valence electrons. The molecule has 0 spiro atoms. The van der Waals surface area contributed by atoms with Crippen LogP contribution in [0.15, 0.2) is 42.5 Å². The third kappa shape index (κ3) is 4.18. The standard InChI is InChI=1S/C22H24FN3O3/c1-16-2-7-20-19(14-16)26(22(28)15-29-20)9-8-21(27)25-12-10-24(11-13-25)18-5-3-17(23)4-6-18/h2-7,14H,8-13,15H2,1H3. The van der Waals surface area contributed by atoms with Crippen LogP contribution in [-0.2, 0) is 9.59 Å². The summed E-state index contributed by atoms with van der Waals surface area (Å²) in [5, 5.41) is 0. The molecule has 4 rings (SSSR count). The van der Waals surface area contributed by atoms with E-state index in [2.05, 4.69) is 4.90 Å². The van der Waals surface area contributed by atoms with Crippen LogP contribution in [0.2, 0.25) is 0 Å². The number of hydrogen-bond acceptors (Lipinski definition) is 4. The highest BCUT2D eigenvalue weighted by Gasteiger charge is 2.27. The number of anilines is 2. The number of nitrogens with zero attached hydrogens (tertiary/aromatic N) is 3. The van der Waals surface area contributed by atoms with Gasteiger partial charge in [0.25, 0.3) is 5.91 Å². The first-order valence-corrected chi connectivity index (χ1v) is 9.83. The van der Waals surface area contributed by atoms with Crippen LogP contribution in [0.3, 0.4) is 0 Å². The van der Waals surface area contributed by atoms with Crippen LogP contribution in [0.1, 0.15) is 12.0 Å². The van der Waals surface area contributed by atoms with Crippen LogP contribution in [0.4, 0.5) is 15.8 Å². The molecule has 0 atom stereocenters. The SMILES string of the molecule is Cc1ccc2c(c1)N(CCC(=O)N1CCN(c3ccc(F)cc3)CC1)C(=O)CO2. The Kier molecular flexibility index (Phi) is 5.38. The van der Waals surface area contributed by atoms with Gasteiger partial charge in [0.05, 0.1) is 5.69 Å². The zero-order chi connectivity index (χ0) is 20.4. The summed E-state index contributed by atoms with van der Waals surface area (Å²) in [5.41, 5.74) is 2.73. The Hall–Kier alpha value is -3.09. The maximum Gasteiger partial charge on any atom is 0.265 e. The van der Waals surface area contributed by atoms with Crippen LogP contribution in [0.25, 0.3) is 0 Å². The molecular weight excluding hydrogens is 373 g/mol. The Morgan fingerprint density at radius 3 is 2.52 bits per heavy atom. The topological polar surface area (TPSA) is 53.1 Å². The molecule has 2 aliphatic heterocycles. The molecular formula is C22H24FN3O3. The van der Waals surface area contributed by atoms with E-state index in [0.717, 1.165) is 16.9 Å². The first-order valence-electron chi connectivity index (χ1n) is 9.83. The van der Waals surface area contributed by atoms with Crippen LogP contribution >= 0.6 is 0 Å². The van der Waals surface area contributed by atoms with Crippen molar-refractivity contribution in [2.45, 2.75) is 13.3 Å². The Morgan fingerprint density at radius 2 is 1.79 bits per heavy atom. The fourth-order valence-electron chi connectivity index (χ4n) is 3.79. The largest absolute Gasteiger partial charge is 0.482 e. The highest BCUT2D eigenvalue weighted by Crippen LogP contribution is 2.33. The fraction of sp³-hybridized carbons (Fsp3) is 0.364. The van der Waals surface area contributed by atoms with Gasteiger partial charge in [-0.15, -0.1) is 0 Å². The summed E-state index contributed by atoms with van der Waals surface area (Å²) in [6.07, 6.45) is 0.273. The molecule has 0 N–H and O–H groups in total. The molecule has 0 saturated carbocycles. The molecule has 2 aromatic carbocycles. The molecule has 2 heterocycles. The predicted molar refractivity (Wildman–Crippen MR) is 109 cm³/mol. The van der Waals surface area contributed by atoms with E-state index >= 15 is 0 Å². The molecule has 0 aliphatic carbocycles. The van der Waals surface area contributed by atoms with E-state index in [1.165, 1.54) is 12.1 Å². The van der Waals surface area contributed by atoms with Gasteiger partial charge in [-0.2, -0.15) is 0 Å². The van der Waals surface area contributed by atoms with Gasteiger partial charge in [-0.3, -0.25) is 9.59 Å². The second kappa shape index (κ2) is 8.11. The average Bonchev–Trinajstić information content (AvgIpc) is 2.73. The number of benzene rings is 2. The predicted octanol–water partition coefficient (Wildman–Crippen LogP) is 2.60. The van der Waals surface area contributed by atoms with Crippen LogP contribution in [0, 0.1) is 12.7 Å². The summed E-state index contributed by atoms with van der Waals surface area (Å²) in [5.74, 6) is 0.335. The number of carbonyl (C=O) groups is 2. The van der Waals surface area contributed by atoms with E-state index in [4.69, 9.17) is 4.74 Å². The Balaban J connectivity index is 1.33. The van der Waals surface area contributed by atoms with Crippen molar-refractivity contribution in [3.63, 3.8) is 0 Å². The van der Waals surface area contributed by atoms with Crippen molar-refractivity contribution >= 4 is 23.2 Å². The molecule has 29 heavy (non-hydrogen) atoms. The summed E-state index contributed by atoms with van der Waals surface area (Å²) in [7, 11) is 0. The molecule has 0 aromatic heterocycles. The van der Waals surface area contributed by atoms with Crippen molar-refractivity contribution in [1.82, 2.24) is 4.90 Å². The quantitative estimate of drug-likeness (QED) is 0.796. The van der Waals surface area contributed by atoms with Crippen molar-refractivity contribution < 1.29 is 18.7 Å². The molecule has 2 aromatic rings. The second-order valence-corrected chi connectivity index (χ2v) is 7.40. The van der Waals surface area contributed by atoms with Crippen molar-refractivity contribution in [3.05, 3.63) is 53.8 Å². The molecule has 1 saturated heterocycles. The van der Waals surface area contributed by atoms with E-state index in [0.29, 0.717) is 38.5 Å². The van der Waals surface area contributed by atoms with Crippen molar-refractivity contribution in [2.24, 2.45) is 0 Å². The number of carbonyl (C=O) groups excluding carboxylic acids is 2. The minimum atomic E-state index is -0.253. The number of amides is 2. The number of halogens is 1. The van der Waals surface area contributed by atoms with Crippen LogP contribution in [0.5, 0.6) is 5.75 Å². The van der Waals surface area contributed by atoms with Gasteiger partial charge < -0.3 is 19.4 Å². The summed E-state index contributed by atoms with van der Waals surface area (Å²) in [6, 6.07) is 12.1. The molecule has 0 unspecified atom stereocenters. The minimum absolute atomic E-state index is 0.000591. The lowest BCUT2D eigenvalue weighted by Crippen LogP contribution is -2.49. The van der Waals surface area contributed by atoms with Gasteiger partial charge in [0.1, 0.15) is 11.6 Å². The number of piperazine rings is 1. The normalized spacial score (nSPS) is 16.5. The maximum atomic E-state index is 13.1. The number of aryl methyl sites for hydroxylation is 1. The molecule has 6 nitrogen and oxygen atoms in total. The zero-order valence-corrected chi connectivity index (χ0v) is 16.4. The third-order valence-electron chi connectivity index (χ3n) is 5.43. The van der Waals surface area contributed by atoms with Crippen molar-refractivity contribution in [3.8, 4) is 5.75 Å². The van der Waals surface area contributed by atoms with Gasteiger partial charge in [-0.1, -0.05) is 6.07 Å². The van der Waals surface area contributed by atoms with Crippen molar-refractivity contribution in [2.75, 3.05) is 49.1 Å². The third-order valence-corrected chi connectivity index (χ3v) is 5.43. The maximum absolute atomic E-state index is 13.1. The molecule has 2 amide bonds. The van der Waals surface area contributed by atoms with Crippen LogP contribution in [-0.4, -0.2) is 56.0 Å². The summed E-state index contributed by atoms with van der Waals surface area (Å²) >= 11 is 0. The number of hydrogen-bond donors (Lipinski definition) is 0. The average molecular weight is 397 g/mol. The number of fused-ring (bicyclic) bond motifs is 1. The van der Waals surface area contributed by atoms with Gasteiger partial charge >= 0.3 is 0 Å². The van der Waals surface area contributed by atoms with E-state index < -0.39 is 0 Å². The summed E-state index contributed by atoms with van der Waals surface area (Å²) in [4.78, 5) is 30.7. The second-order valence-electron chi connectivity index (χ2n) is 7.40. The highest BCUT2D eigenvalue weighted by atomic mass is 19.1. The fourth-order valence-corrected chi connectivity index (χ4v) is 3.79. The first kappa shape index (κ1) is 19.2. The molecule has 0 bridgehead atoms. The van der Waals surface area contributed by atoms with E-state index in [1.54, 1.807) is 17.0 Å². The Bertz CT molecular complexity index is 908. The number of ether oxygens (including phenoxy) is 1. The molecule has 7 heteroatoms. The van der Waals surface area contributed by atoms with E-state index in [1.807, 2.05) is 30.0 Å². The van der Waals surface area contributed by atoms with E-state index in [9.17, 15) is 14.0 Å². The van der Waals surface area contributed by atoms with Gasteiger partial charge in [-0.05, 0) is 48.9 Å². The first-order chi connectivity index (χ1) is 14.0. The zero-order valence-electron chi connectivity index (χ0n) is 16.4.